The standard InChI is InChI=1S/C28H28N2O4.C23H20ClNO2.C23H20FNO2.C19H21NO2/c31-24(15-12-21-6-2-1-3-7-21)20-22-10-13-23(14-11-22)29-27(32)25-8-4-5-9-26(25)28(33)30-16-18-34-19-17-30;2*24-20-8-4-7-19(16-20)23(27)25-21-12-9-18(10-13-21)15-22(26)14-11-17-5-2-1-3-6-17;1-2-19(22)20-17-11-8-16(9-12-17)14-18(21)13-10-15-6-4-3-5-7-15/h1-11,13-14H,12,15-20H2,(H,29,32);2*1-10,12-13,16H,11,14-15H2,(H,25,27);3-9,11-12H,2,10,13-14H2,1H3,(H,20,22). The van der Waals surface area contributed by atoms with E-state index in [2.05, 4.69) is 21.3 Å². The molecule has 560 valence electrons. The number of ether oxygens (including phenoxy) is 1. The third-order valence-corrected chi connectivity index (χ3v) is 18.0. The van der Waals surface area contributed by atoms with Crippen LogP contribution >= 0.6 is 11.6 Å². The first-order chi connectivity index (χ1) is 53.5. The minimum atomic E-state index is -0.452. The van der Waals surface area contributed by atoms with E-state index < -0.39 is 5.82 Å². The minimum absolute atomic E-state index is 0.00770. The van der Waals surface area contributed by atoms with Gasteiger partial charge in [-0.05, 0) is 167 Å². The molecule has 1 aliphatic heterocycles. The molecule has 1 saturated heterocycles. The number of benzene rings is 11. The Morgan fingerprint density at radius 3 is 1.01 bits per heavy atom. The second-order valence-corrected chi connectivity index (χ2v) is 26.8. The molecular formula is C93H89ClFN5O10. The summed E-state index contributed by atoms with van der Waals surface area (Å²) < 4.78 is 18.5. The zero-order valence-electron chi connectivity index (χ0n) is 61.5. The van der Waals surface area contributed by atoms with E-state index in [0.717, 1.165) is 64.8 Å². The summed E-state index contributed by atoms with van der Waals surface area (Å²) in [6, 6.07) is 88.3. The molecule has 0 aromatic heterocycles. The van der Waals surface area contributed by atoms with E-state index in [9.17, 15) is 47.5 Å². The number of halogens is 2. The maximum atomic E-state index is 13.2. The fraction of sp³-hybridized carbons (Fsp3) is 0.194. The smallest absolute Gasteiger partial charge is 0.256 e. The summed E-state index contributed by atoms with van der Waals surface area (Å²) >= 11 is 5.91. The Kier molecular flexibility index (Phi) is 32.7. The highest BCUT2D eigenvalue weighted by atomic mass is 35.5. The molecule has 0 unspecified atom stereocenters. The summed E-state index contributed by atoms with van der Waals surface area (Å²) in [5.41, 5.74) is 12.5. The summed E-state index contributed by atoms with van der Waals surface area (Å²) in [5, 5.41) is 11.7. The zero-order chi connectivity index (χ0) is 77.7. The van der Waals surface area contributed by atoms with Gasteiger partial charge in [-0.3, -0.25) is 43.2 Å². The number of nitrogens with zero attached hydrogens (tertiary/aromatic N) is 1. The van der Waals surface area contributed by atoms with Crippen molar-refractivity contribution in [3.63, 3.8) is 0 Å². The van der Waals surface area contributed by atoms with Crippen molar-refractivity contribution in [3.05, 3.63) is 369 Å². The Hall–Kier alpha value is -12.4. The number of hydrogen-bond donors (Lipinski definition) is 4. The molecule has 0 spiro atoms. The number of nitrogens with one attached hydrogen (secondary N) is 4. The lowest BCUT2D eigenvalue weighted by Crippen LogP contribution is -2.41. The highest BCUT2D eigenvalue weighted by molar-refractivity contribution is 6.31. The van der Waals surface area contributed by atoms with E-state index in [0.29, 0.717) is 123 Å². The summed E-state index contributed by atoms with van der Waals surface area (Å²) in [5.74, 6) is -0.776. The molecular weight excluding hydrogens is 1400 g/mol. The van der Waals surface area contributed by atoms with Crippen LogP contribution in [0.2, 0.25) is 5.02 Å². The monoisotopic (exact) mass is 1490 g/mol. The number of anilines is 4. The maximum absolute atomic E-state index is 13.2. The number of carbonyl (C=O) groups is 9. The third kappa shape index (κ3) is 28.7. The molecule has 1 heterocycles. The van der Waals surface area contributed by atoms with Gasteiger partial charge in [0.05, 0.1) is 24.3 Å². The second kappa shape index (κ2) is 44.1. The molecule has 110 heavy (non-hydrogen) atoms. The number of amides is 5. The van der Waals surface area contributed by atoms with E-state index in [1.165, 1.54) is 29.3 Å². The topological polar surface area (TPSA) is 214 Å². The predicted molar refractivity (Wildman–Crippen MR) is 433 cm³/mol. The van der Waals surface area contributed by atoms with Gasteiger partial charge < -0.3 is 30.9 Å². The summed E-state index contributed by atoms with van der Waals surface area (Å²) in [4.78, 5) is 112. The van der Waals surface area contributed by atoms with E-state index in [1.54, 1.807) is 83.8 Å². The van der Waals surface area contributed by atoms with Gasteiger partial charge in [0.25, 0.3) is 23.6 Å². The van der Waals surface area contributed by atoms with E-state index in [-0.39, 0.29) is 58.2 Å². The molecule has 4 N–H and O–H groups in total. The molecule has 0 radical (unpaired) electrons. The fourth-order valence-electron chi connectivity index (χ4n) is 11.7. The van der Waals surface area contributed by atoms with Crippen molar-refractivity contribution in [1.29, 1.82) is 0 Å². The molecule has 12 rings (SSSR count). The first-order valence-electron chi connectivity index (χ1n) is 36.8. The van der Waals surface area contributed by atoms with Crippen LogP contribution in [0.1, 0.15) is 125 Å². The Bertz CT molecular complexity index is 4660. The Labute approximate surface area is 647 Å². The van der Waals surface area contributed by atoms with Crippen LogP contribution in [0.5, 0.6) is 0 Å². The number of Topliss-reactive ketones (excluding diaryl/α,β-unsaturated/α-hetero) is 4. The molecule has 5 amide bonds. The molecule has 0 atom stereocenters. The molecule has 1 fully saturated rings. The second-order valence-electron chi connectivity index (χ2n) is 26.3. The van der Waals surface area contributed by atoms with Gasteiger partial charge in [-0.1, -0.05) is 213 Å². The lowest BCUT2D eigenvalue weighted by atomic mass is 10.0. The van der Waals surface area contributed by atoms with Crippen LogP contribution in [0.3, 0.4) is 0 Å². The average Bonchev–Trinajstić information content (AvgIpc) is 0.866. The summed E-state index contributed by atoms with van der Waals surface area (Å²) in [6.45, 7) is 3.85. The third-order valence-electron chi connectivity index (χ3n) is 17.8. The highest BCUT2D eigenvalue weighted by Gasteiger charge is 2.24. The van der Waals surface area contributed by atoms with Gasteiger partial charge >= 0.3 is 0 Å². The number of carbonyl (C=O) groups excluding carboxylic acids is 9. The minimum Gasteiger partial charge on any atom is -0.378 e. The van der Waals surface area contributed by atoms with Crippen molar-refractivity contribution in [1.82, 2.24) is 4.90 Å². The lowest BCUT2D eigenvalue weighted by molar-refractivity contribution is -0.119. The Morgan fingerprint density at radius 1 is 0.345 bits per heavy atom. The molecule has 0 saturated carbocycles. The Balaban J connectivity index is 0.000000171. The Morgan fingerprint density at radius 2 is 0.664 bits per heavy atom. The molecule has 1 aliphatic rings. The van der Waals surface area contributed by atoms with Crippen molar-refractivity contribution in [2.75, 3.05) is 47.6 Å². The van der Waals surface area contributed by atoms with Crippen molar-refractivity contribution in [2.24, 2.45) is 0 Å². The van der Waals surface area contributed by atoms with Gasteiger partial charge in [0.2, 0.25) is 5.91 Å². The lowest BCUT2D eigenvalue weighted by Gasteiger charge is -2.27. The molecule has 15 nitrogen and oxygen atoms in total. The molecule has 11 aromatic carbocycles. The van der Waals surface area contributed by atoms with Gasteiger partial charge in [0, 0.05) is 110 Å². The number of ketones is 4. The average molecular weight is 1490 g/mol. The number of morpholine rings is 1. The largest absolute Gasteiger partial charge is 0.378 e. The van der Waals surface area contributed by atoms with Gasteiger partial charge in [-0.25, -0.2) is 4.39 Å². The maximum Gasteiger partial charge on any atom is 0.256 e. The van der Waals surface area contributed by atoms with Crippen LogP contribution in [-0.4, -0.2) is 83.9 Å². The van der Waals surface area contributed by atoms with Gasteiger partial charge in [-0.15, -0.1) is 0 Å². The normalized spacial score (nSPS) is 11.3. The quantitative estimate of drug-likeness (QED) is 0.0348. The van der Waals surface area contributed by atoms with Crippen LogP contribution in [0.4, 0.5) is 27.1 Å². The molecule has 17 heteroatoms. The van der Waals surface area contributed by atoms with E-state index >= 15 is 0 Å². The van der Waals surface area contributed by atoms with Crippen LogP contribution in [0, 0.1) is 5.82 Å². The summed E-state index contributed by atoms with van der Waals surface area (Å²) in [6.07, 6.45) is 7.11. The van der Waals surface area contributed by atoms with Gasteiger partial charge in [-0.2, -0.15) is 0 Å². The highest BCUT2D eigenvalue weighted by Crippen LogP contribution is 2.22. The van der Waals surface area contributed by atoms with Crippen molar-refractivity contribution < 1.29 is 52.3 Å². The van der Waals surface area contributed by atoms with Crippen LogP contribution in [-0.2, 0) is 80.1 Å². The summed E-state index contributed by atoms with van der Waals surface area (Å²) in [7, 11) is 0. The number of hydrogen-bond acceptors (Lipinski definition) is 10. The number of rotatable bonds is 29. The first-order valence-corrected chi connectivity index (χ1v) is 37.1. The van der Waals surface area contributed by atoms with E-state index in [1.807, 2.05) is 201 Å². The van der Waals surface area contributed by atoms with Crippen molar-refractivity contribution >= 4 is 87.0 Å². The molecule has 11 aromatic rings. The molecule has 0 bridgehead atoms. The van der Waals surface area contributed by atoms with Gasteiger partial charge in [0.15, 0.2) is 0 Å². The fourth-order valence-corrected chi connectivity index (χ4v) is 11.9. The predicted octanol–water partition coefficient (Wildman–Crippen LogP) is 18.1. The van der Waals surface area contributed by atoms with E-state index in [4.69, 9.17) is 16.3 Å². The van der Waals surface area contributed by atoms with Crippen molar-refractivity contribution in [3.8, 4) is 0 Å². The van der Waals surface area contributed by atoms with Gasteiger partial charge in [0.1, 0.15) is 29.0 Å². The van der Waals surface area contributed by atoms with Crippen LogP contribution in [0.15, 0.2) is 291 Å². The number of aryl methyl sites for hydroxylation is 4. The zero-order valence-corrected chi connectivity index (χ0v) is 62.3. The van der Waals surface area contributed by atoms with Crippen LogP contribution < -0.4 is 21.3 Å². The van der Waals surface area contributed by atoms with Crippen LogP contribution in [0.25, 0.3) is 0 Å². The first kappa shape index (κ1) is 81.7. The molecule has 0 aliphatic carbocycles. The SMILES string of the molecule is CCC(=O)Nc1ccc(CC(=O)CCc2ccccc2)cc1.O=C(CCc1ccccc1)Cc1ccc(NC(=O)c2cccc(Cl)c2)cc1.O=C(CCc1ccccc1)Cc1ccc(NC(=O)c2cccc(F)c2)cc1.O=C(CCc1ccccc1)Cc1ccc(NC(=O)c2ccccc2C(=O)N2CCOCC2)cc1. The van der Waals surface area contributed by atoms with Crippen molar-refractivity contribution in [2.45, 2.75) is 90.4 Å².